The van der Waals surface area contributed by atoms with Gasteiger partial charge in [0.1, 0.15) is 0 Å². The van der Waals surface area contributed by atoms with Gasteiger partial charge in [-0.2, -0.15) is 4.39 Å². The van der Waals surface area contributed by atoms with Gasteiger partial charge in [0.2, 0.25) is 5.82 Å². The Morgan fingerprint density at radius 3 is 2.19 bits per heavy atom. The van der Waals surface area contributed by atoms with Crippen LogP contribution in [0.2, 0.25) is 0 Å². The number of rotatable bonds is 4. The van der Waals surface area contributed by atoms with Gasteiger partial charge in [-0.25, -0.2) is 4.39 Å². The Kier molecular flexibility index (Phi) is 4.34. The first-order valence-electron chi connectivity index (χ1n) is 6.81. The Labute approximate surface area is 121 Å². The number of carboxylic acid groups (broad SMARTS) is 1. The molecule has 0 heterocycles. The summed E-state index contributed by atoms with van der Waals surface area (Å²) in [5, 5.41) is 9.67. The number of carboxylic acids is 1. The van der Waals surface area contributed by atoms with Gasteiger partial charge in [0.05, 0.1) is 19.6 Å². The molecule has 1 aromatic carbocycles. The van der Waals surface area contributed by atoms with Crippen molar-refractivity contribution >= 4 is 5.97 Å². The van der Waals surface area contributed by atoms with E-state index >= 15 is 0 Å². The average molecular weight is 300 g/mol. The standard InChI is InChI=1S/C15H18F2O4/c1-20-12-9(8-10(16)11(17)13(12)21-2)15(14(18)19)6-4-3-5-7-15/h8H,3-7H2,1-2H3,(H,18,19). The van der Waals surface area contributed by atoms with Gasteiger partial charge in [0.15, 0.2) is 17.3 Å². The van der Waals surface area contributed by atoms with E-state index in [0.29, 0.717) is 12.8 Å². The molecule has 0 radical (unpaired) electrons. The molecule has 1 N–H and O–H groups in total. The fourth-order valence-corrected chi connectivity index (χ4v) is 3.08. The van der Waals surface area contributed by atoms with Gasteiger partial charge in [-0.1, -0.05) is 19.3 Å². The number of methoxy groups -OCH3 is 2. The normalized spacial score (nSPS) is 17.3. The fraction of sp³-hybridized carbons (Fsp3) is 0.533. The number of halogens is 2. The van der Waals surface area contributed by atoms with E-state index in [-0.39, 0.29) is 11.3 Å². The van der Waals surface area contributed by atoms with Gasteiger partial charge in [-0.15, -0.1) is 0 Å². The molecule has 0 atom stereocenters. The number of ether oxygens (including phenoxy) is 2. The molecule has 0 spiro atoms. The third-order valence-electron chi connectivity index (χ3n) is 4.17. The van der Waals surface area contributed by atoms with Crippen LogP contribution in [0.25, 0.3) is 0 Å². The lowest BCUT2D eigenvalue weighted by atomic mass is 9.69. The zero-order chi connectivity index (χ0) is 15.6. The quantitative estimate of drug-likeness (QED) is 0.927. The number of aliphatic carboxylic acids is 1. The van der Waals surface area contributed by atoms with Crippen LogP contribution in [0.1, 0.15) is 37.7 Å². The Morgan fingerprint density at radius 2 is 1.71 bits per heavy atom. The fourth-order valence-electron chi connectivity index (χ4n) is 3.08. The van der Waals surface area contributed by atoms with Crippen LogP contribution in [0, 0.1) is 11.6 Å². The molecule has 1 aliphatic carbocycles. The maximum absolute atomic E-state index is 13.8. The maximum atomic E-state index is 13.8. The van der Waals surface area contributed by atoms with Crippen molar-refractivity contribution in [3.8, 4) is 11.5 Å². The second-order valence-electron chi connectivity index (χ2n) is 5.23. The largest absolute Gasteiger partial charge is 0.492 e. The number of carbonyl (C=O) groups is 1. The molecular formula is C15H18F2O4. The SMILES string of the molecule is COc1c(C2(C(=O)O)CCCCC2)cc(F)c(F)c1OC. The summed E-state index contributed by atoms with van der Waals surface area (Å²) in [4.78, 5) is 11.8. The second kappa shape index (κ2) is 5.87. The Bertz CT molecular complexity index is 551. The highest BCUT2D eigenvalue weighted by Crippen LogP contribution is 2.48. The molecule has 116 valence electrons. The van der Waals surface area contributed by atoms with Crippen LogP contribution in [-0.4, -0.2) is 25.3 Å². The molecule has 1 saturated carbocycles. The minimum Gasteiger partial charge on any atom is -0.492 e. The van der Waals surface area contributed by atoms with Crippen LogP contribution >= 0.6 is 0 Å². The first-order chi connectivity index (χ1) is 9.97. The number of hydrogen-bond donors (Lipinski definition) is 1. The highest BCUT2D eigenvalue weighted by atomic mass is 19.2. The summed E-state index contributed by atoms with van der Waals surface area (Å²) >= 11 is 0. The molecule has 6 heteroatoms. The van der Waals surface area contributed by atoms with Crippen molar-refractivity contribution in [2.24, 2.45) is 0 Å². The zero-order valence-corrected chi connectivity index (χ0v) is 12.0. The van der Waals surface area contributed by atoms with Crippen molar-refractivity contribution in [3.63, 3.8) is 0 Å². The summed E-state index contributed by atoms with van der Waals surface area (Å²) in [6.07, 6.45) is 3.10. The maximum Gasteiger partial charge on any atom is 0.314 e. The van der Waals surface area contributed by atoms with Crippen molar-refractivity contribution in [1.82, 2.24) is 0 Å². The lowest BCUT2D eigenvalue weighted by Crippen LogP contribution is -2.38. The average Bonchev–Trinajstić information content (AvgIpc) is 2.49. The van der Waals surface area contributed by atoms with Crippen molar-refractivity contribution in [2.45, 2.75) is 37.5 Å². The highest BCUT2D eigenvalue weighted by Gasteiger charge is 2.45. The molecule has 1 aliphatic rings. The summed E-state index contributed by atoms with van der Waals surface area (Å²) < 4.78 is 37.6. The number of benzene rings is 1. The first-order valence-corrected chi connectivity index (χ1v) is 6.81. The topological polar surface area (TPSA) is 55.8 Å². The van der Waals surface area contributed by atoms with E-state index in [9.17, 15) is 18.7 Å². The molecule has 0 bridgehead atoms. The van der Waals surface area contributed by atoms with Gasteiger partial charge >= 0.3 is 5.97 Å². The van der Waals surface area contributed by atoms with Crippen molar-refractivity contribution < 1.29 is 28.2 Å². The van der Waals surface area contributed by atoms with E-state index in [4.69, 9.17) is 9.47 Å². The van der Waals surface area contributed by atoms with Crippen LogP contribution in [-0.2, 0) is 10.2 Å². The minimum absolute atomic E-state index is 0.0410. The van der Waals surface area contributed by atoms with E-state index < -0.39 is 28.8 Å². The molecule has 4 nitrogen and oxygen atoms in total. The lowest BCUT2D eigenvalue weighted by molar-refractivity contribution is -0.145. The van der Waals surface area contributed by atoms with Crippen LogP contribution in [0.15, 0.2) is 6.07 Å². The van der Waals surface area contributed by atoms with E-state index in [1.165, 1.54) is 14.2 Å². The van der Waals surface area contributed by atoms with Gasteiger partial charge in [-0.05, 0) is 18.9 Å². The van der Waals surface area contributed by atoms with Crippen molar-refractivity contribution in [2.75, 3.05) is 14.2 Å². The molecule has 0 saturated heterocycles. The summed E-state index contributed by atoms with van der Waals surface area (Å²) in [7, 11) is 2.48. The van der Waals surface area contributed by atoms with E-state index in [1.807, 2.05) is 0 Å². The Balaban J connectivity index is 2.71. The Morgan fingerprint density at radius 1 is 1.14 bits per heavy atom. The third kappa shape index (κ3) is 2.43. The van der Waals surface area contributed by atoms with Crippen LogP contribution in [0.3, 0.4) is 0 Å². The monoisotopic (exact) mass is 300 g/mol. The minimum atomic E-state index is -1.26. The van der Waals surface area contributed by atoms with Crippen LogP contribution < -0.4 is 9.47 Å². The molecule has 0 aliphatic heterocycles. The Hall–Kier alpha value is -1.85. The number of hydrogen-bond acceptors (Lipinski definition) is 3. The summed E-state index contributed by atoms with van der Waals surface area (Å²) in [6, 6.07) is 0.927. The molecule has 2 rings (SSSR count). The van der Waals surface area contributed by atoms with Gasteiger partial charge < -0.3 is 14.6 Å². The molecule has 1 aromatic rings. The van der Waals surface area contributed by atoms with Gasteiger partial charge in [0, 0.05) is 5.56 Å². The van der Waals surface area contributed by atoms with E-state index in [2.05, 4.69) is 0 Å². The van der Waals surface area contributed by atoms with Gasteiger partial charge in [-0.3, -0.25) is 4.79 Å². The molecular weight excluding hydrogens is 282 g/mol. The van der Waals surface area contributed by atoms with Gasteiger partial charge in [0.25, 0.3) is 0 Å². The molecule has 0 amide bonds. The summed E-state index contributed by atoms with van der Waals surface area (Å²) in [6.45, 7) is 0. The van der Waals surface area contributed by atoms with Crippen molar-refractivity contribution in [3.05, 3.63) is 23.3 Å². The van der Waals surface area contributed by atoms with Crippen LogP contribution in [0.4, 0.5) is 8.78 Å². The van der Waals surface area contributed by atoms with Crippen molar-refractivity contribution in [1.29, 1.82) is 0 Å². The molecule has 21 heavy (non-hydrogen) atoms. The first kappa shape index (κ1) is 15.5. The summed E-state index contributed by atoms with van der Waals surface area (Å²) in [5.74, 6) is -3.78. The lowest BCUT2D eigenvalue weighted by Gasteiger charge is -2.35. The van der Waals surface area contributed by atoms with E-state index in [0.717, 1.165) is 25.3 Å². The van der Waals surface area contributed by atoms with E-state index in [1.54, 1.807) is 0 Å². The van der Waals surface area contributed by atoms with Crippen LogP contribution in [0.5, 0.6) is 11.5 Å². The molecule has 0 unspecified atom stereocenters. The molecule has 0 aromatic heterocycles. The smallest absolute Gasteiger partial charge is 0.314 e. The highest BCUT2D eigenvalue weighted by molar-refractivity contribution is 5.83. The zero-order valence-electron chi connectivity index (χ0n) is 12.0. The predicted molar refractivity (Wildman–Crippen MR) is 71.9 cm³/mol. The molecule has 1 fully saturated rings. The second-order valence-corrected chi connectivity index (χ2v) is 5.23. The summed E-state index contributed by atoms with van der Waals surface area (Å²) in [5.41, 5.74) is -1.11. The predicted octanol–water partition coefficient (Wildman–Crippen LogP) is 3.27. The third-order valence-corrected chi connectivity index (χ3v) is 4.17.